The fraction of sp³-hybridized carbons (Fsp3) is 0.750. The molecule has 0 aliphatic heterocycles. The van der Waals surface area contributed by atoms with Crippen LogP contribution in [0.25, 0.3) is 0 Å². The highest BCUT2D eigenvalue weighted by atomic mass is 14.5. The molecule has 0 atom stereocenters. The van der Waals surface area contributed by atoms with E-state index in [2.05, 4.69) is 19.9 Å². The van der Waals surface area contributed by atoms with Gasteiger partial charge in [-0.3, -0.25) is 0 Å². The monoisotopic (exact) mass is 127 g/mol. The lowest BCUT2D eigenvalue weighted by Gasteiger charge is -1.99. The van der Waals surface area contributed by atoms with Gasteiger partial charge in [0.05, 0.1) is 0 Å². The van der Waals surface area contributed by atoms with E-state index in [1.807, 2.05) is 0 Å². The molecule has 0 aromatic carbocycles. The summed E-state index contributed by atoms with van der Waals surface area (Å²) in [5.41, 5.74) is 6.89. The second kappa shape index (κ2) is 5.83. The van der Waals surface area contributed by atoms with Gasteiger partial charge in [0.25, 0.3) is 0 Å². The molecule has 1 nitrogen and oxygen atoms in total. The Morgan fingerprint density at radius 3 is 2.44 bits per heavy atom. The van der Waals surface area contributed by atoms with Crippen LogP contribution in [0.1, 0.15) is 33.1 Å². The van der Waals surface area contributed by atoms with E-state index in [4.69, 9.17) is 5.73 Å². The van der Waals surface area contributed by atoms with E-state index in [9.17, 15) is 0 Å². The van der Waals surface area contributed by atoms with Crippen molar-refractivity contribution in [2.24, 2.45) is 5.73 Å². The average molecular weight is 127 g/mol. The van der Waals surface area contributed by atoms with Gasteiger partial charge in [0, 0.05) is 0 Å². The first-order valence-corrected chi connectivity index (χ1v) is 3.73. The Bertz CT molecular complexity index is 84.6. The molecule has 0 fully saturated rings. The SMILES string of the molecule is CC/C=C(\CC)CCN. The van der Waals surface area contributed by atoms with E-state index >= 15 is 0 Å². The predicted octanol–water partition coefficient (Wildman–Crippen LogP) is 2.08. The highest BCUT2D eigenvalue weighted by molar-refractivity contribution is 5.00. The van der Waals surface area contributed by atoms with Crippen LogP contribution < -0.4 is 5.73 Å². The summed E-state index contributed by atoms with van der Waals surface area (Å²) in [4.78, 5) is 0. The van der Waals surface area contributed by atoms with Gasteiger partial charge in [-0.15, -0.1) is 0 Å². The van der Waals surface area contributed by atoms with Crippen molar-refractivity contribution in [3.8, 4) is 0 Å². The van der Waals surface area contributed by atoms with Gasteiger partial charge in [-0.05, 0) is 25.8 Å². The van der Waals surface area contributed by atoms with Gasteiger partial charge in [-0.2, -0.15) is 0 Å². The summed E-state index contributed by atoms with van der Waals surface area (Å²) in [6, 6.07) is 0. The normalized spacial score (nSPS) is 12.1. The second-order valence-corrected chi connectivity index (χ2v) is 2.16. The molecule has 0 aromatic heterocycles. The molecule has 0 saturated heterocycles. The molecule has 54 valence electrons. The van der Waals surface area contributed by atoms with Crippen LogP contribution >= 0.6 is 0 Å². The predicted molar refractivity (Wildman–Crippen MR) is 42.3 cm³/mol. The van der Waals surface area contributed by atoms with E-state index in [1.165, 1.54) is 5.57 Å². The standard InChI is InChI=1S/C8H17N/c1-3-5-8(4-2)6-7-9/h5H,3-4,6-7,9H2,1-2H3/b8-5+. The first-order chi connectivity index (χ1) is 4.35. The largest absolute Gasteiger partial charge is 0.330 e. The van der Waals surface area contributed by atoms with E-state index in [0.29, 0.717) is 0 Å². The molecule has 2 N–H and O–H groups in total. The minimum absolute atomic E-state index is 0.791. The number of allylic oxidation sites excluding steroid dienone is 1. The molecule has 0 aromatic rings. The number of hydrogen-bond donors (Lipinski definition) is 1. The van der Waals surface area contributed by atoms with Crippen LogP contribution in [0.15, 0.2) is 11.6 Å². The molecule has 0 heterocycles. The highest BCUT2D eigenvalue weighted by Crippen LogP contribution is 2.05. The molecule has 0 aliphatic rings. The Kier molecular flexibility index (Phi) is 5.64. The van der Waals surface area contributed by atoms with E-state index in [-0.39, 0.29) is 0 Å². The Balaban J connectivity index is 3.53. The van der Waals surface area contributed by atoms with E-state index in [1.54, 1.807) is 0 Å². The molecule has 0 saturated carbocycles. The molecule has 0 aliphatic carbocycles. The topological polar surface area (TPSA) is 26.0 Å². The molecule has 0 radical (unpaired) electrons. The quantitative estimate of drug-likeness (QED) is 0.575. The molecule has 0 amide bonds. The van der Waals surface area contributed by atoms with Crippen molar-refractivity contribution >= 4 is 0 Å². The Hall–Kier alpha value is -0.300. The van der Waals surface area contributed by atoms with Gasteiger partial charge in [-0.25, -0.2) is 0 Å². The first kappa shape index (κ1) is 8.70. The molecule has 9 heavy (non-hydrogen) atoms. The summed E-state index contributed by atoms with van der Waals surface area (Å²) in [5.74, 6) is 0. The van der Waals surface area contributed by atoms with Crippen molar-refractivity contribution in [2.45, 2.75) is 33.1 Å². The summed E-state index contributed by atoms with van der Waals surface area (Å²) < 4.78 is 0. The fourth-order valence-electron chi connectivity index (χ4n) is 0.897. The molecule has 0 rings (SSSR count). The van der Waals surface area contributed by atoms with Crippen molar-refractivity contribution in [1.29, 1.82) is 0 Å². The lowest BCUT2D eigenvalue weighted by atomic mass is 10.1. The van der Waals surface area contributed by atoms with Gasteiger partial charge in [0.2, 0.25) is 0 Å². The number of rotatable bonds is 4. The summed E-state index contributed by atoms with van der Waals surface area (Å²) in [7, 11) is 0. The third kappa shape index (κ3) is 4.22. The smallest absolute Gasteiger partial charge is 0.00399 e. The molecule has 0 spiro atoms. The second-order valence-electron chi connectivity index (χ2n) is 2.16. The highest BCUT2D eigenvalue weighted by Gasteiger charge is 1.88. The van der Waals surface area contributed by atoms with Crippen molar-refractivity contribution in [3.63, 3.8) is 0 Å². The van der Waals surface area contributed by atoms with Crippen LogP contribution in [0.5, 0.6) is 0 Å². The molecule has 0 bridgehead atoms. The Morgan fingerprint density at radius 2 is 2.11 bits per heavy atom. The van der Waals surface area contributed by atoms with Crippen LogP contribution in [0, 0.1) is 0 Å². The zero-order valence-corrected chi connectivity index (χ0v) is 6.48. The third-order valence-corrected chi connectivity index (χ3v) is 1.41. The van der Waals surface area contributed by atoms with E-state index < -0.39 is 0 Å². The minimum atomic E-state index is 0.791. The lowest BCUT2D eigenvalue weighted by Crippen LogP contribution is -1.99. The summed E-state index contributed by atoms with van der Waals surface area (Å²) in [5, 5.41) is 0. The fourth-order valence-corrected chi connectivity index (χ4v) is 0.897. The van der Waals surface area contributed by atoms with Crippen molar-refractivity contribution in [2.75, 3.05) is 6.54 Å². The van der Waals surface area contributed by atoms with Crippen LogP contribution in [0.3, 0.4) is 0 Å². The summed E-state index contributed by atoms with van der Waals surface area (Å²) in [6.07, 6.45) is 5.64. The van der Waals surface area contributed by atoms with E-state index in [0.717, 1.165) is 25.8 Å². The number of nitrogens with two attached hydrogens (primary N) is 1. The zero-order chi connectivity index (χ0) is 7.11. The lowest BCUT2D eigenvalue weighted by molar-refractivity contribution is 0.882. The zero-order valence-electron chi connectivity index (χ0n) is 6.48. The minimum Gasteiger partial charge on any atom is -0.330 e. The van der Waals surface area contributed by atoms with Gasteiger partial charge < -0.3 is 5.73 Å². The van der Waals surface area contributed by atoms with Crippen molar-refractivity contribution in [3.05, 3.63) is 11.6 Å². The molecule has 0 unspecified atom stereocenters. The Labute approximate surface area is 57.9 Å². The van der Waals surface area contributed by atoms with Gasteiger partial charge in [0.1, 0.15) is 0 Å². The van der Waals surface area contributed by atoms with Crippen LogP contribution in [-0.2, 0) is 0 Å². The molecule has 1 heteroatoms. The van der Waals surface area contributed by atoms with Crippen LogP contribution in [-0.4, -0.2) is 6.54 Å². The van der Waals surface area contributed by atoms with Crippen molar-refractivity contribution in [1.82, 2.24) is 0 Å². The maximum absolute atomic E-state index is 5.39. The summed E-state index contributed by atoms with van der Waals surface area (Å²) in [6.45, 7) is 5.13. The Morgan fingerprint density at radius 1 is 1.44 bits per heavy atom. The van der Waals surface area contributed by atoms with Crippen LogP contribution in [0.4, 0.5) is 0 Å². The first-order valence-electron chi connectivity index (χ1n) is 3.73. The van der Waals surface area contributed by atoms with Gasteiger partial charge in [-0.1, -0.05) is 25.5 Å². The molecular weight excluding hydrogens is 110 g/mol. The van der Waals surface area contributed by atoms with Crippen LogP contribution in [0.2, 0.25) is 0 Å². The van der Waals surface area contributed by atoms with Gasteiger partial charge >= 0.3 is 0 Å². The van der Waals surface area contributed by atoms with Crippen molar-refractivity contribution < 1.29 is 0 Å². The maximum Gasteiger partial charge on any atom is -0.00399 e. The maximum atomic E-state index is 5.39. The third-order valence-electron chi connectivity index (χ3n) is 1.41. The number of hydrogen-bond acceptors (Lipinski definition) is 1. The summed E-state index contributed by atoms with van der Waals surface area (Å²) >= 11 is 0. The average Bonchev–Trinajstić information content (AvgIpc) is 1.88. The van der Waals surface area contributed by atoms with Gasteiger partial charge in [0.15, 0.2) is 0 Å². The molecular formula is C8H17N.